The van der Waals surface area contributed by atoms with Gasteiger partial charge in [0.15, 0.2) is 0 Å². The molecule has 1 N–H and O–H groups in total. The maximum absolute atomic E-state index is 4.66. The van der Waals surface area contributed by atoms with Crippen LogP contribution in [0.4, 0.5) is 5.95 Å². The van der Waals surface area contributed by atoms with E-state index in [0.29, 0.717) is 5.95 Å². The zero-order valence-corrected chi connectivity index (χ0v) is 13.9. The highest BCUT2D eigenvalue weighted by molar-refractivity contribution is 7.99. The molecule has 3 aromatic rings. The van der Waals surface area contributed by atoms with E-state index >= 15 is 0 Å². The summed E-state index contributed by atoms with van der Waals surface area (Å²) in [5.41, 5.74) is 2.62. The van der Waals surface area contributed by atoms with Crippen molar-refractivity contribution in [3.05, 3.63) is 40.8 Å². The molecule has 1 aromatic carbocycles. The van der Waals surface area contributed by atoms with E-state index in [2.05, 4.69) is 65.7 Å². The van der Waals surface area contributed by atoms with Gasteiger partial charge in [0, 0.05) is 16.8 Å². The molecular formula is C16H17N3S2. The van der Waals surface area contributed by atoms with Gasteiger partial charge in [-0.2, -0.15) is 0 Å². The van der Waals surface area contributed by atoms with Crippen LogP contribution >= 0.6 is 23.1 Å². The predicted octanol–water partition coefficient (Wildman–Crippen LogP) is 4.89. The molecule has 0 aliphatic heterocycles. The first-order valence-electron chi connectivity index (χ1n) is 6.91. The lowest BCUT2D eigenvalue weighted by atomic mass is 10.1. The number of aromatic nitrogens is 2. The fourth-order valence-electron chi connectivity index (χ4n) is 2.03. The molecule has 21 heavy (non-hydrogen) atoms. The molecule has 0 radical (unpaired) electrons. The number of thiophene rings is 1. The number of nitrogens with one attached hydrogen (secondary N) is 1. The summed E-state index contributed by atoms with van der Waals surface area (Å²) in [6.07, 6.45) is 0. The van der Waals surface area contributed by atoms with Gasteiger partial charge in [0.25, 0.3) is 0 Å². The third-order valence-electron chi connectivity index (χ3n) is 3.32. The van der Waals surface area contributed by atoms with E-state index < -0.39 is 0 Å². The number of hydrogen-bond acceptors (Lipinski definition) is 5. The minimum atomic E-state index is 0.707. The number of aryl methyl sites for hydroxylation is 2. The fraction of sp³-hybridized carbons (Fsp3) is 0.250. The van der Waals surface area contributed by atoms with Crippen LogP contribution in [0.25, 0.3) is 10.2 Å². The lowest BCUT2D eigenvalue weighted by Gasteiger charge is -2.08. The Morgan fingerprint density at radius 1 is 1.14 bits per heavy atom. The van der Waals surface area contributed by atoms with E-state index in [1.54, 1.807) is 23.1 Å². The third kappa shape index (κ3) is 3.04. The van der Waals surface area contributed by atoms with Gasteiger partial charge in [-0.05, 0) is 55.5 Å². The van der Waals surface area contributed by atoms with Crippen LogP contribution in [-0.4, -0.2) is 16.5 Å². The van der Waals surface area contributed by atoms with Crippen molar-refractivity contribution in [2.45, 2.75) is 30.7 Å². The van der Waals surface area contributed by atoms with Gasteiger partial charge in [-0.25, -0.2) is 9.97 Å². The van der Waals surface area contributed by atoms with Crippen molar-refractivity contribution in [2.24, 2.45) is 0 Å². The second-order valence-electron chi connectivity index (χ2n) is 4.87. The molecule has 0 fully saturated rings. The Morgan fingerprint density at radius 3 is 2.76 bits per heavy atom. The normalized spacial score (nSPS) is 11.0. The Balaban J connectivity index is 2.01. The van der Waals surface area contributed by atoms with Gasteiger partial charge in [-0.3, -0.25) is 0 Å². The van der Waals surface area contributed by atoms with Gasteiger partial charge in [-0.15, -0.1) is 11.3 Å². The highest BCUT2D eigenvalue weighted by Crippen LogP contribution is 2.34. The Labute approximate surface area is 132 Å². The van der Waals surface area contributed by atoms with E-state index in [9.17, 15) is 0 Å². The Bertz CT molecular complexity index is 780. The summed E-state index contributed by atoms with van der Waals surface area (Å²) in [7, 11) is 0. The zero-order chi connectivity index (χ0) is 14.8. The largest absolute Gasteiger partial charge is 0.354 e. The quantitative estimate of drug-likeness (QED) is 0.696. The maximum atomic E-state index is 4.66. The van der Waals surface area contributed by atoms with Crippen molar-refractivity contribution in [3.8, 4) is 0 Å². The Kier molecular flexibility index (Phi) is 4.12. The van der Waals surface area contributed by atoms with Gasteiger partial charge >= 0.3 is 0 Å². The summed E-state index contributed by atoms with van der Waals surface area (Å²) in [6, 6.07) is 8.63. The first kappa shape index (κ1) is 14.4. The minimum Gasteiger partial charge on any atom is -0.354 e. The summed E-state index contributed by atoms with van der Waals surface area (Å²) in [5.74, 6) is 0.707. The standard InChI is InChI=1S/C16H17N3S2/c1-4-17-16-18-14-13(7-8-20-14)15(19-16)21-12-6-5-10(2)11(3)9-12/h5-9H,4H2,1-3H3,(H,17,18,19). The molecule has 0 atom stereocenters. The molecule has 0 unspecified atom stereocenters. The van der Waals surface area contributed by atoms with Crippen molar-refractivity contribution in [3.63, 3.8) is 0 Å². The molecule has 2 heterocycles. The average molecular weight is 315 g/mol. The lowest BCUT2D eigenvalue weighted by Crippen LogP contribution is -2.02. The predicted molar refractivity (Wildman–Crippen MR) is 91.6 cm³/mol. The average Bonchev–Trinajstić information content (AvgIpc) is 2.92. The second kappa shape index (κ2) is 6.03. The van der Waals surface area contributed by atoms with Gasteiger partial charge in [0.05, 0.1) is 0 Å². The topological polar surface area (TPSA) is 37.8 Å². The monoisotopic (exact) mass is 315 g/mol. The second-order valence-corrected chi connectivity index (χ2v) is 6.83. The minimum absolute atomic E-state index is 0.707. The van der Waals surface area contributed by atoms with Gasteiger partial charge in [0.2, 0.25) is 5.95 Å². The zero-order valence-electron chi connectivity index (χ0n) is 12.3. The summed E-state index contributed by atoms with van der Waals surface area (Å²) in [4.78, 5) is 11.4. The van der Waals surface area contributed by atoms with Crippen LogP contribution in [0.3, 0.4) is 0 Å². The van der Waals surface area contributed by atoms with Crippen LogP contribution < -0.4 is 5.32 Å². The van der Waals surface area contributed by atoms with Crippen LogP contribution in [0.1, 0.15) is 18.1 Å². The van der Waals surface area contributed by atoms with E-state index in [1.807, 2.05) is 0 Å². The molecule has 5 heteroatoms. The Hall–Kier alpha value is -1.59. The molecule has 0 aliphatic carbocycles. The van der Waals surface area contributed by atoms with Gasteiger partial charge in [0.1, 0.15) is 9.86 Å². The summed E-state index contributed by atoms with van der Waals surface area (Å²) < 4.78 is 0. The van der Waals surface area contributed by atoms with Gasteiger partial charge < -0.3 is 5.32 Å². The maximum Gasteiger partial charge on any atom is 0.225 e. The highest BCUT2D eigenvalue weighted by Gasteiger charge is 2.10. The number of rotatable bonds is 4. The van der Waals surface area contributed by atoms with Crippen molar-refractivity contribution in [1.82, 2.24) is 9.97 Å². The number of anilines is 1. The third-order valence-corrected chi connectivity index (χ3v) is 5.12. The van der Waals surface area contributed by atoms with Crippen molar-refractivity contribution >= 4 is 39.3 Å². The van der Waals surface area contributed by atoms with Gasteiger partial charge in [-0.1, -0.05) is 17.8 Å². The first-order chi connectivity index (χ1) is 10.2. The first-order valence-corrected chi connectivity index (χ1v) is 8.61. The van der Waals surface area contributed by atoms with Crippen molar-refractivity contribution in [2.75, 3.05) is 11.9 Å². The molecule has 3 nitrogen and oxygen atoms in total. The molecule has 108 valence electrons. The molecular weight excluding hydrogens is 298 g/mol. The van der Waals surface area contributed by atoms with Crippen molar-refractivity contribution in [1.29, 1.82) is 0 Å². The fourth-order valence-corrected chi connectivity index (χ4v) is 3.86. The molecule has 0 aliphatic rings. The SMILES string of the molecule is CCNc1nc(Sc2ccc(C)c(C)c2)c2ccsc2n1. The lowest BCUT2D eigenvalue weighted by molar-refractivity contribution is 1.05. The smallest absolute Gasteiger partial charge is 0.225 e. The summed E-state index contributed by atoms with van der Waals surface area (Å²) >= 11 is 3.35. The molecule has 0 spiro atoms. The van der Waals surface area contributed by atoms with E-state index in [1.165, 1.54) is 16.0 Å². The van der Waals surface area contributed by atoms with Crippen LogP contribution in [0.2, 0.25) is 0 Å². The van der Waals surface area contributed by atoms with E-state index in [0.717, 1.165) is 21.8 Å². The Morgan fingerprint density at radius 2 is 2.00 bits per heavy atom. The van der Waals surface area contributed by atoms with Crippen molar-refractivity contribution < 1.29 is 0 Å². The van der Waals surface area contributed by atoms with Crippen LogP contribution in [0.5, 0.6) is 0 Å². The van der Waals surface area contributed by atoms with Crippen LogP contribution in [0.15, 0.2) is 39.6 Å². The number of benzene rings is 1. The van der Waals surface area contributed by atoms with Crippen LogP contribution in [0, 0.1) is 13.8 Å². The summed E-state index contributed by atoms with van der Waals surface area (Å²) in [6.45, 7) is 7.15. The van der Waals surface area contributed by atoms with Crippen LogP contribution in [-0.2, 0) is 0 Å². The molecule has 0 amide bonds. The van der Waals surface area contributed by atoms with E-state index in [4.69, 9.17) is 0 Å². The highest BCUT2D eigenvalue weighted by atomic mass is 32.2. The number of fused-ring (bicyclic) bond motifs is 1. The number of hydrogen-bond donors (Lipinski definition) is 1. The molecule has 0 saturated heterocycles. The molecule has 2 aromatic heterocycles. The summed E-state index contributed by atoms with van der Waals surface area (Å²) in [5, 5.41) is 7.42. The molecule has 0 bridgehead atoms. The molecule has 0 saturated carbocycles. The molecule has 3 rings (SSSR count). The number of nitrogens with zero attached hydrogens (tertiary/aromatic N) is 2. The van der Waals surface area contributed by atoms with E-state index in [-0.39, 0.29) is 0 Å².